The molecule has 0 saturated carbocycles. The molecule has 2 amide bonds. The minimum absolute atomic E-state index is 0.142. The number of methoxy groups -OCH3 is 1. The molecule has 5 N–H and O–H groups in total. The van der Waals surface area contributed by atoms with E-state index in [-0.39, 0.29) is 16.6 Å². The fourth-order valence-electron chi connectivity index (χ4n) is 1.36. The Balaban J connectivity index is 2.56. The van der Waals surface area contributed by atoms with E-state index in [2.05, 4.69) is 20.9 Å². The van der Waals surface area contributed by atoms with E-state index >= 15 is 0 Å². The first-order valence-corrected chi connectivity index (χ1v) is 6.82. The number of thiazole rings is 1. The van der Waals surface area contributed by atoms with Gasteiger partial charge in [0.15, 0.2) is 5.13 Å². The Morgan fingerprint density at radius 3 is 2.75 bits per heavy atom. The third kappa shape index (κ3) is 4.35. The summed E-state index contributed by atoms with van der Waals surface area (Å²) in [5.74, 6) is -0.563. The van der Waals surface area contributed by atoms with Crippen molar-refractivity contribution in [2.45, 2.75) is 13.0 Å². The van der Waals surface area contributed by atoms with E-state index in [1.165, 1.54) is 0 Å². The van der Waals surface area contributed by atoms with E-state index in [4.69, 9.17) is 10.5 Å². The number of nitrogens with one attached hydrogen (secondary N) is 3. The second-order valence-electron chi connectivity index (χ2n) is 3.96. The number of nitrogens with zero attached hydrogens (tertiary/aromatic N) is 1. The summed E-state index contributed by atoms with van der Waals surface area (Å²) in [7, 11) is 3.23. The summed E-state index contributed by atoms with van der Waals surface area (Å²) in [4.78, 5) is 27.9. The number of aromatic nitrogens is 1. The highest BCUT2D eigenvalue weighted by Crippen LogP contribution is 2.24. The third-order valence-corrected chi connectivity index (χ3v) is 3.51. The monoisotopic (exact) mass is 301 g/mol. The van der Waals surface area contributed by atoms with Crippen LogP contribution < -0.4 is 21.7 Å². The highest BCUT2D eigenvalue weighted by atomic mass is 32.1. The highest BCUT2D eigenvalue weighted by Gasteiger charge is 2.20. The first kappa shape index (κ1) is 16.2. The molecule has 0 radical (unpaired) electrons. The lowest BCUT2D eigenvalue weighted by atomic mass is 10.3. The summed E-state index contributed by atoms with van der Waals surface area (Å²) >= 11 is 1.13. The Kier molecular flexibility index (Phi) is 6.19. The van der Waals surface area contributed by atoms with Crippen molar-refractivity contribution in [3.63, 3.8) is 0 Å². The van der Waals surface area contributed by atoms with E-state index in [1.54, 1.807) is 21.1 Å². The zero-order chi connectivity index (χ0) is 15.1. The topological polar surface area (TPSA) is 118 Å². The van der Waals surface area contributed by atoms with Crippen LogP contribution in [0.2, 0.25) is 0 Å². The number of amides is 2. The summed E-state index contributed by atoms with van der Waals surface area (Å²) in [5, 5.41) is 8.56. The van der Waals surface area contributed by atoms with Crippen LogP contribution in [-0.4, -0.2) is 50.1 Å². The average Bonchev–Trinajstić information content (AvgIpc) is 2.80. The number of hydrogen-bond donors (Lipinski definition) is 4. The Morgan fingerprint density at radius 1 is 1.50 bits per heavy atom. The van der Waals surface area contributed by atoms with Gasteiger partial charge in [0.2, 0.25) is 5.91 Å². The van der Waals surface area contributed by atoms with Crippen LogP contribution in [0.15, 0.2) is 0 Å². The molecule has 0 aliphatic heterocycles. The van der Waals surface area contributed by atoms with Crippen molar-refractivity contribution in [1.82, 2.24) is 15.6 Å². The largest absolute Gasteiger partial charge is 0.383 e. The molecule has 1 heterocycles. The molecule has 20 heavy (non-hydrogen) atoms. The number of carbonyl (C=O) groups excluding carboxylic acids is 2. The van der Waals surface area contributed by atoms with Crippen LogP contribution in [0, 0.1) is 0 Å². The predicted octanol–water partition coefficient (Wildman–Crippen LogP) is -0.352. The van der Waals surface area contributed by atoms with E-state index in [1.807, 2.05) is 0 Å². The molecule has 1 unspecified atom stereocenters. The maximum Gasteiger partial charge on any atom is 0.265 e. The van der Waals surface area contributed by atoms with E-state index in [0.717, 1.165) is 11.3 Å². The van der Waals surface area contributed by atoms with Gasteiger partial charge >= 0.3 is 0 Å². The Hall–Kier alpha value is -1.87. The highest BCUT2D eigenvalue weighted by molar-refractivity contribution is 7.18. The molecular formula is C11H19N5O3S. The van der Waals surface area contributed by atoms with Crippen LogP contribution in [0.4, 0.5) is 10.9 Å². The van der Waals surface area contributed by atoms with Gasteiger partial charge in [0, 0.05) is 20.7 Å². The van der Waals surface area contributed by atoms with Gasteiger partial charge in [-0.1, -0.05) is 11.3 Å². The maximum absolute atomic E-state index is 12.0. The molecule has 8 nitrogen and oxygen atoms in total. The van der Waals surface area contributed by atoms with Crippen LogP contribution in [-0.2, 0) is 9.53 Å². The van der Waals surface area contributed by atoms with Crippen molar-refractivity contribution in [3.8, 4) is 0 Å². The van der Waals surface area contributed by atoms with Gasteiger partial charge in [-0.15, -0.1) is 0 Å². The molecule has 0 aliphatic rings. The van der Waals surface area contributed by atoms with Crippen LogP contribution >= 0.6 is 11.3 Å². The first-order chi connectivity index (χ1) is 9.49. The van der Waals surface area contributed by atoms with Crippen molar-refractivity contribution >= 4 is 34.1 Å². The molecule has 0 aliphatic carbocycles. The van der Waals surface area contributed by atoms with E-state index in [0.29, 0.717) is 18.3 Å². The van der Waals surface area contributed by atoms with Crippen LogP contribution in [0.5, 0.6) is 0 Å². The zero-order valence-corrected chi connectivity index (χ0v) is 12.5. The molecular weight excluding hydrogens is 282 g/mol. The lowest BCUT2D eigenvalue weighted by Gasteiger charge is -2.13. The molecule has 0 saturated heterocycles. The number of rotatable bonds is 7. The Labute approximate surface area is 121 Å². The number of nitrogen functional groups attached to an aromatic ring is 1. The average molecular weight is 301 g/mol. The summed E-state index contributed by atoms with van der Waals surface area (Å²) in [5.41, 5.74) is 5.65. The van der Waals surface area contributed by atoms with Gasteiger partial charge in [-0.05, 0) is 6.92 Å². The van der Waals surface area contributed by atoms with Crippen molar-refractivity contribution in [2.75, 3.05) is 38.4 Å². The summed E-state index contributed by atoms with van der Waals surface area (Å²) < 4.78 is 4.82. The van der Waals surface area contributed by atoms with Crippen LogP contribution in [0.1, 0.15) is 16.6 Å². The second kappa shape index (κ2) is 7.65. The van der Waals surface area contributed by atoms with Crippen molar-refractivity contribution in [2.24, 2.45) is 0 Å². The van der Waals surface area contributed by atoms with Gasteiger partial charge in [0.25, 0.3) is 5.91 Å². The zero-order valence-electron chi connectivity index (χ0n) is 11.6. The summed E-state index contributed by atoms with van der Waals surface area (Å²) in [6.45, 7) is 2.40. The smallest absolute Gasteiger partial charge is 0.265 e. The fourth-order valence-corrected chi connectivity index (χ4v) is 2.10. The van der Waals surface area contributed by atoms with Gasteiger partial charge in [-0.2, -0.15) is 0 Å². The summed E-state index contributed by atoms with van der Waals surface area (Å²) in [6, 6.07) is -0.668. The molecule has 0 spiro atoms. The van der Waals surface area contributed by atoms with Crippen molar-refractivity contribution in [1.29, 1.82) is 0 Å². The predicted molar refractivity (Wildman–Crippen MR) is 77.9 cm³/mol. The minimum Gasteiger partial charge on any atom is -0.383 e. The Bertz CT molecular complexity index is 477. The molecule has 1 aromatic rings. The minimum atomic E-state index is -0.668. The van der Waals surface area contributed by atoms with Crippen LogP contribution in [0.3, 0.4) is 0 Å². The molecule has 0 bridgehead atoms. The second-order valence-corrected chi connectivity index (χ2v) is 4.96. The molecule has 112 valence electrons. The molecule has 0 fully saturated rings. The number of nitrogens with two attached hydrogens (primary N) is 1. The fraction of sp³-hybridized carbons (Fsp3) is 0.545. The van der Waals surface area contributed by atoms with Crippen molar-refractivity contribution in [3.05, 3.63) is 4.88 Å². The Morgan fingerprint density at radius 2 is 2.20 bits per heavy atom. The van der Waals surface area contributed by atoms with Gasteiger partial charge in [0.05, 0.1) is 6.61 Å². The lowest BCUT2D eigenvalue weighted by Crippen LogP contribution is -2.45. The molecule has 9 heteroatoms. The number of hydrogen-bond acceptors (Lipinski definition) is 7. The molecule has 0 aromatic carbocycles. The SMILES string of the molecule is CNc1nc(N)c(C(=O)NC(C)C(=O)NCCOC)s1. The molecule has 1 aromatic heterocycles. The molecule has 1 rings (SSSR count). The van der Waals surface area contributed by atoms with Crippen LogP contribution in [0.25, 0.3) is 0 Å². The standard InChI is InChI=1S/C11H19N5O3S/c1-6(9(17)14-4-5-19-3)15-10(18)7-8(12)16-11(13-2)20-7/h6H,4-5,12H2,1-3H3,(H,13,16)(H,14,17)(H,15,18). The van der Waals surface area contributed by atoms with Gasteiger partial charge in [-0.3, -0.25) is 9.59 Å². The first-order valence-electron chi connectivity index (χ1n) is 6.01. The lowest BCUT2D eigenvalue weighted by molar-refractivity contribution is -0.122. The third-order valence-electron chi connectivity index (χ3n) is 2.42. The van der Waals surface area contributed by atoms with Crippen molar-refractivity contribution < 1.29 is 14.3 Å². The van der Waals surface area contributed by atoms with Gasteiger partial charge in [0.1, 0.15) is 16.7 Å². The van der Waals surface area contributed by atoms with Gasteiger partial charge in [-0.25, -0.2) is 4.98 Å². The number of carbonyl (C=O) groups is 2. The normalized spacial score (nSPS) is 11.8. The number of ether oxygens (including phenoxy) is 1. The molecule has 1 atom stereocenters. The quantitative estimate of drug-likeness (QED) is 0.511. The van der Waals surface area contributed by atoms with E-state index < -0.39 is 11.9 Å². The number of anilines is 2. The van der Waals surface area contributed by atoms with E-state index in [9.17, 15) is 9.59 Å². The maximum atomic E-state index is 12.0. The summed E-state index contributed by atoms with van der Waals surface area (Å²) in [6.07, 6.45) is 0. The van der Waals surface area contributed by atoms with Gasteiger partial charge < -0.3 is 26.4 Å².